The lowest BCUT2D eigenvalue weighted by Crippen LogP contribution is -2.09. The molecule has 0 amide bonds. The third kappa shape index (κ3) is 0.808. The molecular formula is C3H5BN2O. The van der Waals surface area contributed by atoms with Crippen molar-refractivity contribution >= 4 is 12.9 Å². The zero-order valence-electron chi connectivity index (χ0n) is 3.76. The Bertz CT molecular complexity index is 127. The Kier molecular flexibility index (Phi) is 1.13. The fraction of sp³-hybridized carbons (Fsp3) is 0. The van der Waals surface area contributed by atoms with E-state index in [9.17, 15) is 0 Å². The van der Waals surface area contributed by atoms with Crippen LogP contribution in [0.1, 0.15) is 0 Å². The summed E-state index contributed by atoms with van der Waals surface area (Å²) in [6.07, 6.45) is 3.24. The summed E-state index contributed by atoms with van der Waals surface area (Å²) < 4.78 is 0. The topological polar surface area (TPSA) is 48.9 Å². The fourth-order valence-electron chi connectivity index (χ4n) is 0.364. The number of aromatic amines is 1. The molecule has 0 aliphatic rings. The van der Waals surface area contributed by atoms with Gasteiger partial charge in [0.25, 0.3) is 0 Å². The SMILES string of the molecule is OBc1cn[nH]c1. The molecule has 2 N–H and O–H groups in total. The van der Waals surface area contributed by atoms with Gasteiger partial charge in [-0.05, 0) is 5.46 Å². The van der Waals surface area contributed by atoms with Crippen LogP contribution < -0.4 is 5.46 Å². The van der Waals surface area contributed by atoms with Gasteiger partial charge >= 0.3 is 7.48 Å². The molecule has 0 atom stereocenters. The van der Waals surface area contributed by atoms with Crippen LogP contribution in [-0.4, -0.2) is 22.7 Å². The highest BCUT2D eigenvalue weighted by molar-refractivity contribution is 6.45. The highest BCUT2D eigenvalue weighted by atomic mass is 16.2. The first-order valence-electron chi connectivity index (χ1n) is 2.02. The first-order chi connectivity index (χ1) is 3.43. The van der Waals surface area contributed by atoms with Crippen LogP contribution in [-0.2, 0) is 0 Å². The zero-order valence-corrected chi connectivity index (χ0v) is 3.76. The number of nitrogens with zero attached hydrogens (tertiary/aromatic N) is 1. The lowest BCUT2D eigenvalue weighted by atomic mass is 9.93. The highest BCUT2D eigenvalue weighted by Crippen LogP contribution is 1.63. The first-order valence-corrected chi connectivity index (χ1v) is 2.02. The van der Waals surface area contributed by atoms with Crippen molar-refractivity contribution in [2.24, 2.45) is 0 Å². The van der Waals surface area contributed by atoms with E-state index in [1.165, 1.54) is 0 Å². The minimum atomic E-state index is 0.0660. The van der Waals surface area contributed by atoms with Gasteiger partial charge in [0.2, 0.25) is 0 Å². The van der Waals surface area contributed by atoms with E-state index in [0.717, 1.165) is 5.46 Å². The number of hydrogen-bond donors (Lipinski definition) is 2. The summed E-state index contributed by atoms with van der Waals surface area (Å²) in [7, 11) is 0.0660. The van der Waals surface area contributed by atoms with Gasteiger partial charge in [0.05, 0.1) is 0 Å². The summed E-state index contributed by atoms with van der Waals surface area (Å²) in [5.41, 5.74) is 0.819. The van der Waals surface area contributed by atoms with Crippen molar-refractivity contribution in [3.8, 4) is 0 Å². The van der Waals surface area contributed by atoms with Crippen molar-refractivity contribution in [1.82, 2.24) is 10.2 Å². The maximum absolute atomic E-state index is 8.37. The molecule has 0 aromatic carbocycles. The summed E-state index contributed by atoms with van der Waals surface area (Å²) in [4.78, 5) is 0. The van der Waals surface area contributed by atoms with Crippen molar-refractivity contribution in [1.29, 1.82) is 0 Å². The Morgan fingerprint density at radius 1 is 1.86 bits per heavy atom. The van der Waals surface area contributed by atoms with E-state index in [-0.39, 0.29) is 7.48 Å². The van der Waals surface area contributed by atoms with Gasteiger partial charge in [0.15, 0.2) is 0 Å². The maximum atomic E-state index is 8.37. The van der Waals surface area contributed by atoms with Crippen LogP contribution in [0.15, 0.2) is 12.4 Å². The van der Waals surface area contributed by atoms with Gasteiger partial charge in [-0.2, -0.15) is 5.10 Å². The molecule has 0 radical (unpaired) electrons. The lowest BCUT2D eigenvalue weighted by Gasteiger charge is -1.72. The number of hydrogen-bond acceptors (Lipinski definition) is 2. The summed E-state index contributed by atoms with van der Waals surface area (Å²) in [6.45, 7) is 0. The lowest BCUT2D eigenvalue weighted by molar-refractivity contribution is 0.615. The molecule has 0 saturated carbocycles. The van der Waals surface area contributed by atoms with Gasteiger partial charge in [0.1, 0.15) is 0 Å². The van der Waals surface area contributed by atoms with E-state index in [4.69, 9.17) is 5.02 Å². The molecule has 0 bridgehead atoms. The second-order valence-corrected chi connectivity index (χ2v) is 1.26. The van der Waals surface area contributed by atoms with E-state index in [1.54, 1.807) is 12.4 Å². The van der Waals surface area contributed by atoms with Gasteiger partial charge < -0.3 is 5.02 Å². The van der Waals surface area contributed by atoms with Crippen molar-refractivity contribution < 1.29 is 5.02 Å². The highest BCUT2D eigenvalue weighted by Gasteiger charge is 1.88. The molecule has 3 nitrogen and oxygen atoms in total. The maximum Gasteiger partial charge on any atom is 0.307 e. The van der Waals surface area contributed by atoms with Gasteiger partial charge in [0, 0.05) is 12.4 Å². The van der Waals surface area contributed by atoms with Gasteiger partial charge in [-0.15, -0.1) is 0 Å². The van der Waals surface area contributed by atoms with Crippen LogP contribution in [0.5, 0.6) is 0 Å². The van der Waals surface area contributed by atoms with Crippen molar-refractivity contribution in [2.45, 2.75) is 0 Å². The normalized spacial score (nSPS) is 8.71. The van der Waals surface area contributed by atoms with E-state index >= 15 is 0 Å². The van der Waals surface area contributed by atoms with Gasteiger partial charge in [-0.3, -0.25) is 5.10 Å². The average Bonchev–Trinajstić information content (AvgIpc) is 2.14. The van der Waals surface area contributed by atoms with Crippen LogP contribution in [0.4, 0.5) is 0 Å². The van der Waals surface area contributed by atoms with Crippen LogP contribution in [0.25, 0.3) is 0 Å². The third-order valence-electron chi connectivity index (χ3n) is 0.737. The van der Waals surface area contributed by atoms with Crippen LogP contribution >= 0.6 is 0 Å². The minimum Gasteiger partial charge on any atom is -0.449 e. The summed E-state index contributed by atoms with van der Waals surface area (Å²) in [6, 6.07) is 0. The smallest absolute Gasteiger partial charge is 0.307 e. The quantitative estimate of drug-likeness (QED) is 0.412. The molecule has 0 spiro atoms. The summed E-state index contributed by atoms with van der Waals surface area (Å²) >= 11 is 0. The van der Waals surface area contributed by atoms with E-state index in [0.29, 0.717) is 0 Å². The standard InChI is InChI=1S/C3H5BN2O/c7-4-3-1-5-6-2-3/h1-2,4,7H,(H,5,6). The van der Waals surface area contributed by atoms with Crippen LogP contribution in [0.2, 0.25) is 0 Å². The van der Waals surface area contributed by atoms with Crippen molar-refractivity contribution in [3.63, 3.8) is 0 Å². The molecule has 1 aromatic rings. The molecule has 1 aromatic heterocycles. The molecule has 1 heterocycles. The Balaban J connectivity index is 2.76. The third-order valence-corrected chi connectivity index (χ3v) is 0.737. The summed E-state index contributed by atoms with van der Waals surface area (Å²) in [5, 5.41) is 14.5. The van der Waals surface area contributed by atoms with Gasteiger partial charge in [-0.25, -0.2) is 0 Å². The predicted molar refractivity (Wildman–Crippen MR) is 27.6 cm³/mol. The Labute approximate surface area is 41.6 Å². The molecule has 0 saturated heterocycles. The number of aromatic nitrogens is 2. The number of rotatable bonds is 1. The molecular weight excluding hydrogens is 90.9 g/mol. The largest absolute Gasteiger partial charge is 0.449 e. The van der Waals surface area contributed by atoms with Crippen LogP contribution in [0, 0.1) is 0 Å². The Morgan fingerprint density at radius 2 is 2.71 bits per heavy atom. The summed E-state index contributed by atoms with van der Waals surface area (Å²) in [5.74, 6) is 0. The molecule has 36 valence electrons. The molecule has 0 unspecified atom stereocenters. The molecule has 7 heavy (non-hydrogen) atoms. The fourth-order valence-corrected chi connectivity index (χ4v) is 0.364. The zero-order chi connectivity index (χ0) is 5.11. The van der Waals surface area contributed by atoms with E-state index < -0.39 is 0 Å². The van der Waals surface area contributed by atoms with Crippen molar-refractivity contribution in [3.05, 3.63) is 12.4 Å². The predicted octanol–water partition coefficient (Wildman–Crippen LogP) is -1.62. The van der Waals surface area contributed by atoms with E-state index in [1.807, 2.05) is 0 Å². The first kappa shape index (κ1) is 4.40. The minimum absolute atomic E-state index is 0.0660. The van der Waals surface area contributed by atoms with Gasteiger partial charge in [-0.1, -0.05) is 0 Å². The number of nitrogens with one attached hydrogen (secondary N) is 1. The van der Waals surface area contributed by atoms with E-state index in [2.05, 4.69) is 10.2 Å². The second-order valence-electron chi connectivity index (χ2n) is 1.26. The van der Waals surface area contributed by atoms with Crippen LogP contribution in [0.3, 0.4) is 0 Å². The Hall–Kier alpha value is -0.765. The molecule has 0 aliphatic carbocycles. The average molecular weight is 95.9 g/mol. The molecule has 4 heteroatoms. The second kappa shape index (κ2) is 1.79. The van der Waals surface area contributed by atoms with Crippen molar-refractivity contribution in [2.75, 3.05) is 0 Å². The molecule has 0 fully saturated rings. The monoisotopic (exact) mass is 96.0 g/mol. The molecule has 1 rings (SSSR count). The Morgan fingerprint density at radius 3 is 3.00 bits per heavy atom. The molecule has 0 aliphatic heterocycles. The number of H-pyrrole nitrogens is 1.